The number of nitrogens with zero attached hydrogens (tertiary/aromatic N) is 1. The summed E-state index contributed by atoms with van der Waals surface area (Å²) in [7, 11) is 0. The molecular formula is C20H33NO. The Hall–Kier alpha value is -1.02. The van der Waals surface area contributed by atoms with E-state index in [2.05, 4.69) is 49.9 Å². The first-order valence-electron chi connectivity index (χ1n) is 9.14. The Morgan fingerprint density at radius 1 is 1.18 bits per heavy atom. The molecule has 0 saturated carbocycles. The number of unbranched alkanes of at least 4 members (excludes halogenated alkanes) is 1. The zero-order valence-corrected chi connectivity index (χ0v) is 14.7. The number of piperidine rings is 1. The average Bonchev–Trinajstić information content (AvgIpc) is 2.56. The molecule has 2 rings (SSSR count). The number of para-hydroxylation sites is 1. The van der Waals surface area contributed by atoms with Crippen molar-refractivity contribution < 1.29 is 4.74 Å². The minimum atomic E-state index is 0.575. The van der Waals surface area contributed by atoms with Crippen LogP contribution < -0.4 is 4.74 Å². The van der Waals surface area contributed by atoms with Crippen LogP contribution in [0, 0.1) is 5.92 Å². The van der Waals surface area contributed by atoms with Crippen molar-refractivity contribution in [3.8, 4) is 5.75 Å². The number of hydrogen-bond acceptors (Lipinski definition) is 2. The first kappa shape index (κ1) is 17.3. The van der Waals surface area contributed by atoms with E-state index in [1.165, 1.54) is 44.5 Å². The van der Waals surface area contributed by atoms with Gasteiger partial charge in [0.05, 0.1) is 6.61 Å². The van der Waals surface area contributed by atoms with E-state index in [0.29, 0.717) is 5.92 Å². The highest BCUT2D eigenvalue weighted by Gasteiger charge is 2.14. The highest BCUT2D eigenvalue weighted by molar-refractivity contribution is 5.35. The third-order valence-electron chi connectivity index (χ3n) is 5.06. The fourth-order valence-corrected chi connectivity index (χ4v) is 3.14. The topological polar surface area (TPSA) is 12.5 Å². The summed E-state index contributed by atoms with van der Waals surface area (Å²) < 4.78 is 6.05. The second-order valence-corrected chi connectivity index (χ2v) is 6.93. The van der Waals surface area contributed by atoms with E-state index < -0.39 is 0 Å². The van der Waals surface area contributed by atoms with Gasteiger partial charge in [0.15, 0.2) is 0 Å². The van der Waals surface area contributed by atoms with Crippen LogP contribution in [0.3, 0.4) is 0 Å². The van der Waals surface area contributed by atoms with Gasteiger partial charge in [-0.25, -0.2) is 0 Å². The molecule has 124 valence electrons. The van der Waals surface area contributed by atoms with Crippen molar-refractivity contribution in [3.05, 3.63) is 29.8 Å². The standard InChI is InChI=1S/C20H33NO/c1-4-18(3)19-9-5-6-10-20(19)22-16-8-7-13-21-14-11-17(2)12-15-21/h5-6,9-10,17-18H,4,7-8,11-16H2,1-3H3. The lowest BCUT2D eigenvalue weighted by Gasteiger charge is -2.30. The molecule has 22 heavy (non-hydrogen) atoms. The molecule has 0 spiro atoms. The Morgan fingerprint density at radius 3 is 2.64 bits per heavy atom. The molecule has 1 fully saturated rings. The largest absolute Gasteiger partial charge is 0.493 e. The van der Waals surface area contributed by atoms with E-state index in [1.54, 1.807) is 0 Å². The molecule has 1 aliphatic heterocycles. The smallest absolute Gasteiger partial charge is 0.122 e. The van der Waals surface area contributed by atoms with E-state index in [0.717, 1.165) is 31.1 Å². The van der Waals surface area contributed by atoms with Gasteiger partial charge in [-0.05, 0) is 75.2 Å². The van der Waals surface area contributed by atoms with Crippen molar-refractivity contribution in [2.45, 2.75) is 58.8 Å². The molecule has 1 unspecified atom stereocenters. The second-order valence-electron chi connectivity index (χ2n) is 6.93. The predicted molar refractivity (Wildman–Crippen MR) is 94.7 cm³/mol. The molecule has 0 amide bonds. The molecule has 2 nitrogen and oxygen atoms in total. The highest BCUT2D eigenvalue weighted by atomic mass is 16.5. The summed E-state index contributed by atoms with van der Waals surface area (Å²) in [5, 5.41) is 0. The number of likely N-dealkylation sites (tertiary alicyclic amines) is 1. The van der Waals surface area contributed by atoms with Gasteiger partial charge in [-0.2, -0.15) is 0 Å². The molecule has 1 aromatic rings. The third kappa shape index (κ3) is 5.31. The fraction of sp³-hybridized carbons (Fsp3) is 0.700. The summed E-state index contributed by atoms with van der Waals surface area (Å²) in [6, 6.07) is 8.52. The molecule has 1 heterocycles. The van der Waals surface area contributed by atoms with Gasteiger partial charge in [-0.3, -0.25) is 0 Å². The summed E-state index contributed by atoms with van der Waals surface area (Å²) in [6.07, 6.45) is 6.31. The Kier molecular flexibility index (Phi) is 7.24. The van der Waals surface area contributed by atoms with Crippen LogP contribution in [0.2, 0.25) is 0 Å². The maximum atomic E-state index is 6.05. The van der Waals surface area contributed by atoms with Crippen LogP contribution in [-0.4, -0.2) is 31.1 Å². The summed E-state index contributed by atoms with van der Waals surface area (Å²) >= 11 is 0. The minimum Gasteiger partial charge on any atom is -0.493 e. The van der Waals surface area contributed by atoms with Gasteiger partial charge in [-0.15, -0.1) is 0 Å². The molecule has 1 aromatic carbocycles. The van der Waals surface area contributed by atoms with E-state index in [4.69, 9.17) is 4.74 Å². The van der Waals surface area contributed by atoms with Gasteiger partial charge in [-0.1, -0.05) is 39.0 Å². The van der Waals surface area contributed by atoms with E-state index in [9.17, 15) is 0 Å². The predicted octanol–water partition coefficient (Wildman–Crippen LogP) is 5.09. The number of hydrogen-bond donors (Lipinski definition) is 0. The van der Waals surface area contributed by atoms with Crippen molar-refractivity contribution in [2.24, 2.45) is 5.92 Å². The van der Waals surface area contributed by atoms with Crippen molar-refractivity contribution in [1.29, 1.82) is 0 Å². The minimum absolute atomic E-state index is 0.575. The lowest BCUT2D eigenvalue weighted by molar-refractivity contribution is 0.184. The second kappa shape index (κ2) is 9.19. The zero-order valence-electron chi connectivity index (χ0n) is 14.7. The van der Waals surface area contributed by atoms with Gasteiger partial charge in [0.1, 0.15) is 5.75 Å². The van der Waals surface area contributed by atoms with Gasteiger partial charge in [0, 0.05) is 0 Å². The molecule has 0 aliphatic carbocycles. The summed E-state index contributed by atoms with van der Waals surface area (Å²) in [6.45, 7) is 11.6. The van der Waals surface area contributed by atoms with Gasteiger partial charge in [0.2, 0.25) is 0 Å². The summed E-state index contributed by atoms with van der Waals surface area (Å²) in [5.74, 6) is 2.59. The quantitative estimate of drug-likeness (QED) is 0.620. The summed E-state index contributed by atoms with van der Waals surface area (Å²) in [4.78, 5) is 2.62. The maximum absolute atomic E-state index is 6.05. The van der Waals surface area contributed by atoms with Crippen LogP contribution in [0.4, 0.5) is 0 Å². The van der Waals surface area contributed by atoms with Crippen molar-refractivity contribution in [3.63, 3.8) is 0 Å². The molecule has 1 aliphatic rings. The van der Waals surface area contributed by atoms with E-state index in [-0.39, 0.29) is 0 Å². The number of rotatable bonds is 8. The van der Waals surface area contributed by atoms with E-state index in [1.807, 2.05) is 0 Å². The van der Waals surface area contributed by atoms with Crippen molar-refractivity contribution in [1.82, 2.24) is 4.90 Å². The summed E-state index contributed by atoms with van der Waals surface area (Å²) in [5.41, 5.74) is 1.36. The monoisotopic (exact) mass is 303 g/mol. The highest BCUT2D eigenvalue weighted by Crippen LogP contribution is 2.28. The van der Waals surface area contributed by atoms with Gasteiger partial charge in [0.25, 0.3) is 0 Å². The first-order valence-corrected chi connectivity index (χ1v) is 9.14. The maximum Gasteiger partial charge on any atom is 0.122 e. The molecule has 1 atom stereocenters. The molecule has 2 heteroatoms. The van der Waals surface area contributed by atoms with Crippen LogP contribution >= 0.6 is 0 Å². The number of benzene rings is 1. The fourth-order valence-electron chi connectivity index (χ4n) is 3.14. The molecule has 0 aromatic heterocycles. The van der Waals surface area contributed by atoms with Crippen LogP contribution in [0.5, 0.6) is 5.75 Å². The van der Waals surface area contributed by atoms with Crippen LogP contribution in [0.25, 0.3) is 0 Å². The van der Waals surface area contributed by atoms with Crippen LogP contribution in [-0.2, 0) is 0 Å². The first-order chi connectivity index (χ1) is 10.7. The Morgan fingerprint density at radius 2 is 1.91 bits per heavy atom. The molecule has 0 radical (unpaired) electrons. The Bertz CT molecular complexity index is 423. The SMILES string of the molecule is CCC(C)c1ccccc1OCCCCN1CCC(C)CC1. The Labute approximate surface area is 136 Å². The van der Waals surface area contributed by atoms with Crippen LogP contribution in [0.1, 0.15) is 64.4 Å². The van der Waals surface area contributed by atoms with Gasteiger partial charge >= 0.3 is 0 Å². The normalized spacial score (nSPS) is 18.3. The molecule has 1 saturated heterocycles. The Balaban J connectivity index is 1.66. The molecule has 0 N–H and O–H groups in total. The van der Waals surface area contributed by atoms with Crippen molar-refractivity contribution >= 4 is 0 Å². The lowest BCUT2D eigenvalue weighted by atomic mass is 9.98. The van der Waals surface area contributed by atoms with Crippen LogP contribution in [0.15, 0.2) is 24.3 Å². The lowest BCUT2D eigenvalue weighted by Crippen LogP contribution is -2.33. The van der Waals surface area contributed by atoms with Gasteiger partial charge < -0.3 is 9.64 Å². The molecule has 0 bridgehead atoms. The average molecular weight is 303 g/mol. The number of ether oxygens (including phenoxy) is 1. The third-order valence-corrected chi connectivity index (χ3v) is 5.06. The van der Waals surface area contributed by atoms with Crippen molar-refractivity contribution in [2.75, 3.05) is 26.2 Å². The molecular weight excluding hydrogens is 270 g/mol. The zero-order chi connectivity index (χ0) is 15.8. The van der Waals surface area contributed by atoms with E-state index >= 15 is 0 Å².